The molecule has 2 rings (SSSR count). The van der Waals surface area contributed by atoms with Crippen molar-refractivity contribution >= 4 is 33.3 Å². The van der Waals surface area contributed by atoms with Gasteiger partial charge in [0.2, 0.25) is 5.91 Å². The van der Waals surface area contributed by atoms with Crippen molar-refractivity contribution in [2.45, 2.75) is 11.8 Å². The highest BCUT2D eigenvalue weighted by Crippen LogP contribution is 2.18. The number of amides is 1. The molecule has 0 unspecified atom stereocenters. The Balaban J connectivity index is 2.23. The maximum atomic E-state index is 12.2. The summed E-state index contributed by atoms with van der Waals surface area (Å²) in [6.45, 7) is 1.34. The number of carboxylic acid groups (broad SMARTS) is 1. The molecule has 120 valence electrons. The van der Waals surface area contributed by atoms with Gasteiger partial charge in [0, 0.05) is 18.8 Å². The van der Waals surface area contributed by atoms with Crippen molar-refractivity contribution in [2.75, 3.05) is 10.0 Å². The number of nitrogens with one attached hydrogen (secondary N) is 2. The third kappa shape index (κ3) is 4.27. The van der Waals surface area contributed by atoms with Crippen LogP contribution in [0.15, 0.2) is 47.5 Å². The fourth-order valence-corrected chi connectivity index (χ4v) is 2.80. The maximum absolute atomic E-state index is 12.2. The first-order chi connectivity index (χ1) is 10.8. The lowest BCUT2D eigenvalue weighted by Crippen LogP contribution is -2.14. The Morgan fingerprint density at radius 1 is 1.09 bits per heavy atom. The number of carbonyl (C=O) groups is 2. The van der Waals surface area contributed by atoms with Crippen LogP contribution < -0.4 is 10.0 Å². The Morgan fingerprint density at radius 3 is 2.30 bits per heavy atom. The SMILES string of the molecule is CC(=O)Nc1ccc(S(=O)(=O)Nc2ccnc(C(=O)O)c2)cc1. The number of hydrogen-bond donors (Lipinski definition) is 3. The Bertz CT molecular complexity index is 847. The summed E-state index contributed by atoms with van der Waals surface area (Å²) in [7, 11) is -3.88. The molecule has 0 spiro atoms. The summed E-state index contributed by atoms with van der Waals surface area (Å²) in [4.78, 5) is 25.3. The van der Waals surface area contributed by atoms with Gasteiger partial charge in [0.15, 0.2) is 0 Å². The molecule has 2 aromatic rings. The van der Waals surface area contributed by atoms with Crippen LogP contribution in [0, 0.1) is 0 Å². The minimum absolute atomic E-state index is 0.0275. The fraction of sp³-hybridized carbons (Fsp3) is 0.0714. The maximum Gasteiger partial charge on any atom is 0.354 e. The zero-order chi connectivity index (χ0) is 17.0. The summed E-state index contributed by atoms with van der Waals surface area (Å²) in [6, 6.07) is 8.01. The van der Waals surface area contributed by atoms with Crippen molar-refractivity contribution in [3.63, 3.8) is 0 Å². The minimum atomic E-state index is -3.88. The molecule has 1 aromatic carbocycles. The van der Waals surface area contributed by atoms with E-state index in [9.17, 15) is 18.0 Å². The molecule has 0 aliphatic rings. The van der Waals surface area contributed by atoms with Crippen molar-refractivity contribution in [2.24, 2.45) is 0 Å². The first kappa shape index (κ1) is 16.4. The number of sulfonamides is 1. The summed E-state index contributed by atoms with van der Waals surface area (Å²) >= 11 is 0. The second-order valence-corrected chi connectivity index (χ2v) is 6.23. The predicted octanol–water partition coefficient (Wildman–Crippen LogP) is 1.54. The zero-order valence-electron chi connectivity index (χ0n) is 12.0. The molecule has 0 bridgehead atoms. The molecule has 0 radical (unpaired) electrons. The summed E-state index contributed by atoms with van der Waals surface area (Å²) < 4.78 is 26.8. The number of carbonyl (C=O) groups excluding carboxylic acids is 1. The predicted molar refractivity (Wildman–Crippen MR) is 82.8 cm³/mol. The highest BCUT2D eigenvalue weighted by molar-refractivity contribution is 7.92. The van der Waals surface area contributed by atoms with E-state index in [0.29, 0.717) is 5.69 Å². The number of hydrogen-bond acceptors (Lipinski definition) is 5. The molecule has 0 fully saturated rings. The lowest BCUT2D eigenvalue weighted by Gasteiger charge is -2.09. The number of pyridine rings is 1. The van der Waals surface area contributed by atoms with E-state index in [1.54, 1.807) is 0 Å². The van der Waals surface area contributed by atoms with E-state index in [1.807, 2.05) is 0 Å². The molecule has 8 nitrogen and oxygen atoms in total. The molecule has 0 aliphatic heterocycles. The molecule has 0 atom stereocenters. The molecular weight excluding hydrogens is 322 g/mol. The van der Waals surface area contributed by atoms with Crippen LogP contribution >= 0.6 is 0 Å². The van der Waals surface area contributed by atoms with Crippen LogP contribution in [0.2, 0.25) is 0 Å². The number of rotatable bonds is 5. The number of benzene rings is 1. The highest BCUT2D eigenvalue weighted by atomic mass is 32.2. The second-order valence-electron chi connectivity index (χ2n) is 4.55. The van der Waals surface area contributed by atoms with Gasteiger partial charge in [-0.05, 0) is 36.4 Å². The lowest BCUT2D eigenvalue weighted by molar-refractivity contribution is -0.114. The van der Waals surface area contributed by atoms with Crippen molar-refractivity contribution in [3.8, 4) is 0 Å². The average molecular weight is 335 g/mol. The lowest BCUT2D eigenvalue weighted by atomic mass is 10.3. The van der Waals surface area contributed by atoms with Gasteiger partial charge < -0.3 is 10.4 Å². The van der Waals surface area contributed by atoms with E-state index in [1.165, 1.54) is 43.5 Å². The van der Waals surface area contributed by atoms with Gasteiger partial charge >= 0.3 is 5.97 Å². The van der Waals surface area contributed by atoms with E-state index in [4.69, 9.17) is 5.11 Å². The third-order valence-electron chi connectivity index (χ3n) is 2.72. The Kier molecular flexibility index (Phi) is 4.60. The number of aromatic carboxylic acids is 1. The van der Waals surface area contributed by atoms with Gasteiger partial charge in [-0.25, -0.2) is 18.2 Å². The third-order valence-corrected chi connectivity index (χ3v) is 4.11. The normalized spacial score (nSPS) is 10.8. The monoisotopic (exact) mass is 335 g/mol. The first-order valence-corrected chi connectivity index (χ1v) is 7.86. The topological polar surface area (TPSA) is 125 Å². The zero-order valence-corrected chi connectivity index (χ0v) is 12.8. The molecular formula is C14H13N3O5S. The smallest absolute Gasteiger partial charge is 0.354 e. The minimum Gasteiger partial charge on any atom is -0.477 e. The van der Waals surface area contributed by atoms with E-state index in [2.05, 4.69) is 15.0 Å². The molecule has 1 heterocycles. The van der Waals surface area contributed by atoms with Gasteiger partial charge in [0.1, 0.15) is 5.69 Å². The standard InChI is InChI=1S/C14H13N3O5S/c1-9(18)16-10-2-4-12(5-3-10)23(21,22)17-11-6-7-15-13(8-11)14(19)20/h2-8H,1H3,(H,15,17)(H,16,18)(H,19,20). The summed E-state index contributed by atoms with van der Waals surface area (Å²) in [5.74, 6) is -1.53. The number of carboxylic acids is 1. The van der Waals surface area contributed by atoms with E-state index >= 15 is 0 Å². The van der Waals surface area contributed by atoms with Gasteiger partial charge in [-0.1, -0.05) is 0 Å². The summed E-state index contributed by atoms with van der Waals surface area (Å²) in [5.41, 5.74) is 0.281. The van der Waals surface area contributed by atoms with Crippen LogP contribution in [-0.4, -0.2) is 30.4 Å². The molecule has 0 saturated heterocycles. The Hall–Kier alpha value is -2.94. The average Bonchev–Trinajstić information content (AvgIpc) is 2.47. The summed E-state index contributed by atoms with van der Waals surface area (Å²) in [6.07, 6.45) is 1.20. The van der Waals surface area contributed by atoms with Gasteiger partial charge in [-0.3, -0.25) is 9.52 Å². The van der Waals surface area contributed by atoms with E-state index < -0.39 is 16.0 Å². The number of anilines is 2. The summed E-state index contributed by atoms with van der Waals surface area (Å²) in [5, 5.41) is 11.4. The van der Waals surface area contributed by atoms with Crippen LogP contribution in [0.3, 0.4) is 0 Å². The first-order valence-electron chi connectivity index (χ1n) is 6.38. The molecule has 1 amide bonds. The highest BCUT2D eigenvalue weighted by Gasteiger charge is 2.15. The molecule has 1 aromatic heterocycles. The van der Waals surface area contributed by atoms with E-state index in [-0.39, 0.29) is 22.2 Å². The van der Waals surface area contributed by atoms with Gasteiger partial charge in [-0.15, -0.1) is 0 Å². The molecule has 0 aliphatic carbocycles. The molecule has 0 saturated carbocycles. The van der Waals surface area contributed by atoms with Crippen molar-refractivity contribution in [3.05, 3.63) is 48.3 Å². The largest absolute Gasteiger partial charge is 0.477 e. The van der Waals surface area contributed by atoms with E-state index in [0.717, 1.165) is 6.07 Å². The van der Waals surface area contributed by atoms with Gasteiger partial charge in [-0.2, -0.15) is 0 Å². The fourth-order valence-electron chi connectivity index (χ4n) is 1.75. The number of aromatic nitrogens is 1. The van der Waals surface area contributed by atoms with Crippen LogP contribution in [0.25, 0.3) is 0 Å². The quantitative estimate of drug-likeness (QED) is 0.761. The van der Waals surface area contributed by atoms with Gasteiger partial charge in [0.25, 0.3) is 10.0 Å². The Morgan fingerprint density at radius 2 is 1.74 bits per heavy atom. The van der Waals surface area contributed by atoms with Crippen LogP contribution in [0.4, 0.5) is 11.4 Å². The van der Waals surface area contributed by atoms with Crippen molar-refractivity contribution < 1.29 is 23.1 Å². The Labute approximate surface area is 132 Å². The molecule has 23 heavy (non-hydrogen) atoms. The molecule has 9 heteroatoms. The number of nitrogens with zero attached hydrogens (tertiary/aromatic N) is 1. The molecule has 3 N–H and O–H groups in total. The van der Waals surface area contributed by atoms with Crippen molar-refractivity contribution in [1.29, 1.82) is 0 Å². The van der Waals surface area contributed by atoms with Crippen LogP contribution in [-0.2, 0) is 14.8 Å². The van der Waals surface area contributed by atoms with Gasteiger partial charge in [0.05, 0.1) is 10.6 Å². The second kappa shape index (κ2) is 6.44. The van der Waals surface area contributed by atoms with Crippen LogP contribution in [0.1, 0.15) is 17.4 Å². The van der Waals surface area contributed by atoms with Crippen LogP contribution in [0.5, 0.6) is 0 Å². The van der Waals surface area contributed by atoms with Crippen molar-refractivity contribution in [1.82, 2.24) is 4.98 Å².